The molecule has 0 aliphatic carbocycles. The molecular formula is C15H19NO5. The van der Waals surface area contributed by atoms with Crippen molar-refractivity contribution in [3.05, 3.63) is 29.8 Å². The largest absolute Gasteiger partial charge is 0.493 e. The van der Waals surface area contributed by atoms with Crippen molar-refractivity contribution >= 4 is 11.9 Å². The Morgan fingerprint density at radius 1 is 1.43 bits per heavy atom. The molecule has 1 fully saturated rings. The average molecular weight is 293 g/mol. The molecule has 0 radical (unpaired) electrons. The normalized spacial score (nSPS) is 18.3. The van der Waals surface area contributed by atoms with Gasteiger partial charge in [-0.3, -0.25) is 4.79 Å². The number of carboxylic acid groups (broad SMARTS) is 1. The highest BCUT2D eigenvalue weighted by molar-refractivity contribution is 5.84. The topological polar surface area (TPSA) is 76.1 Å². The number of aliphatic carboxylic acids is 1. The summed E-state index contributed by atoms with van der Waals surface area (Å²) in [5, 5.41) is 9.09. The van der Waals surface area contributed by atoms with Crippen molar-refractivity contribution in [1.29, 1.82) is 0 Å². The molecule has 0 bridgehead atoms. The van der Waals surface area contributed by atoms with E-state index in [0.717, 1.165) is 11.3 Å². The lowest BCUT2D eigenvalue weighted by atomic mass is 10.2. The molecule has 6 nitrogen and oxygen atoms in total. The third-order valence-corrected chi connectivity index (χ3v) is 3.40. The zero-order chi connectivity index (χ0) is 15.2. The van der Waals surface area contributed by atoms with E-state index < -0.39 is 12.0 Å². The minimum atomic E-state index is -1.04. The van der Waals surface area contributed by atoms with E-state index in [1.807, 2.05) is 31.2 Å². The monoisotopic (exact) mass is 293 g/mol. The summed E-state index contributed by atoms with van der Waals surface area (Å²) in [5.41, 5.74) is 1.000. The van der Waals surface area contributed by atoms with E-state index >= 15 is 0 Å². The molecule has 6 heteroatoms. The van der Waals surface area contributed by atoms with Gasteiger partial charge in [0.15, 0.2) is 6.04 Å². The van der Waals surface area contributed by atoms with Crippen LogP contribution >= 0.6 is 0 Å². The number of para-hydroxylation sites is 1. The van der Waals surface area contributed by atoms with Crippen molar-refractivity contribution in [2.75, 3.05) is 26.4 Å². The van der Waals surface area contributed by atoms with Crippen LogP contribution in [0.25, 0.3) is 0 Å². The first-order valence-corrected chi connectivity index (χ1v) is 6.88. The van der Waals surface area contributed by atoms with Crippen LogP contribution in [0.1, 0.15) is 12.0 Å². The summed E-state index contributed by atoms with van der Waals surface area (Å²) < 4.78 is 10.7. The van der Waals surface area contributed by atoms with Crippen molar-refractivity contribution in [2.24, 2.45) is 0 Å². The zero-order valence-corrected chi connectivity index (χ0v) is 11.9. The molecule has 1 N–H and O–H groups in total. The Hall–Kier alpha value is -2.08. The van der Waals surface area contributed by atoms with Crippen molar-refractivity contribution in [3.8, 4) is 5.75 Å². The Labute approximate surface area is 123 Å². The minimum absolute atomic E-state index is 0.0414. The molecule has 1 saturated heterocycles. The van der Waals surface area contributed by atoms with Gasteiger partial charge in [0, 0.05) is 6.54 Å². The van der Waals surface area contributed by atoms with Gasteiger partial charge in [-0.1, -0.05) is 18.2 Å². The number of rotatable bonds is 5. The molecule has 2 rings (SSSR count). The van der Waals surface area contributed by atoms with Gasteiger partial charge < -0.3 is 19.5 Å². The maximum atomic E-state index is 12.1. The van der Waals surface area contributed by atoms with Gasteiger partial charge in [-0.2, -0.15) is 0 Å². The van der Waals surface area contributed by atoms with Gasteiger partial charge in [0.2, 0.25) is 5.91 Å². The Kier molecular flexibility index (Phi) is 5.16. The van der Waals surface area contributed by atoms with Gasteiger partial charge in [0.1, 0.15) is 5.75 Å². The second-order valence-corrected chi connectivity index (χ2v) is 4.88. The Morgan fingerprint density at radius 3 is 2.90 bits per heavy atom. The molecule has 0 spiro atoms. The lowest BCUT2D eigenvalue weighted by Gasteiger charge is -2.32. The molecule has 0 saturated carbocycles. The molecule has 1 aliphatic rings. The third kappa shape index (κ3) is 3.95. The van der Waals surface area contributed by atoms with Crippen LogP contribution in [0.15, 0.2) is 24.3 Å². The number of carboxylic acids is 1. The Morgan fingerprint density at radius 2 is 2.19 bits per heavy atom. The molecule has 1 aromatic carbocycles. The van der Waals surface area contributed by atoms with Crippen LogP contribution in [-0.2, 0) is 14.3 Å². The van der Waals surface area contributed by atoms with Gasteiger partial charge >= 0.3 is 5.97 Å². The van der Waals surface area contributed by atoms with E-state index in [0.29, 0.717) is 13.2 Å². The van der Waals surface area contributed by atoms with E-state index in [9.17, 15) is 9.59 Å². The summed E-state index contributed by atoms with van der Waals surface area (Å²) in [6.45, 7) is 2.88. The summed E-state index contributed by atoms with van der Waals surface area (Å²) in [5.74, 6) is -0.524. The molecule has 1 unspecified atom stereocenters. The maximum absolute atomic E-state index is 12.1. The minimum Gasteiger partial charge on any atom is -0.493 e. The number of benzene rings is 1. The highest BCUT2D eigenvalue weighted by Crippen LogP contribution is 2.16. The second kappa shape index (κ2) is 7.08. The molecule has 0 aromatic heterocycles. The summed E-state index contributed by atoms with van der Waals surface area (Å²) in [6.07, 6.45) is 0.151. The molecule has 114 valence electrons. The average Bonchev–Trinajstić information content (AvgIpc) is 2.49. The van der Waals surface area contributed by atoms with Crippen LogP contribution in [0.3, 0.4) is 0 Å². The van der Waals surface area contributed by atoms with Crippen LogP contribution in [0.4, 0.5) is 0 Å². The SMILES string of the molecule is Cc1ccccc1OCCC(=O)N1CCOCC1C(=O)O. The van der Waals surface area contributed by atoms with Crippen LogP contribution in [0.5, 0.6) is 5.75 Å². The van der Waals surface area contributed by atoms with Gasteiger partial charge in [-0.15, -0.1) is 0 Å². The predicted molar refractivity (Wildman–Crippen MR) is 75.2 cm³/mol. The molecular weight excluding hydrogens is 274 g/mol. The quantitative estimate of drug-likeness (QED) is 0.879. The number of hydrogen-bond acceptors (Lipinski definition) is 4. The van der Waals surface area contributed by atoms with Crippen molar-refractivity contribution < 1.29 is 24.2 Å². The summed E-state index contributed by atoms with van der Waals surface area (Å²) in [4.78, 5) is 24.6. The smallest absolute Gasteiger partial charge is 0.328 e. The summed E-state index contributed by atoms with van der Waals surface area (Å²) >= 11 is 0. The van der Waals surface area contributed by atoms with E-state index in [2.05, 4.69) is 0 Å². The number of hydrogen-bond donors (Lipinski definition) is 1. The number of ether oxygens (including phenoxy) is 2. The summed E-state index contributed by atoms with van der Waals surface area (Å²) in [6, 6.07) is 6.66. The zero-order valence-electron chi connectivity index (χ0n) is 11.9. The lowest BCUT2D eigenvalue weighted by Crippen LogP contribution is -2.52. The van der Waals surface area contributed by atoms with Gasteiger partial charge in [0.25, 0.3) is 0 Å². The molecule has 1 aromatic rings. The van der Waals surface area contributed by atoms with Crippen LogP contribution in [0.2, 0.25) is 0 Å². The predicted octanol–water partition coefficient (Wildman–Crippen LogP) is 1.08. The Balaban J connectivity index is 1.86. The van der Waals surface area contributed by atoms with Gasteiger partial charge in [0.05, 0.1) is 26.2 Å². The standard InChI is InChI=1S/C15H19NO5/c1-11-4-2-3-5-13(11)21-8-6-14(17)16-7-9-20-10-12(16)15(18)19/h2-5,12H,6-10H2,1H3,(H,18,19). The van der Waals surface area contributed by atoms with E-state index in [1.54, 1.807) is 0 Å². The fourth-order valence-corrected chi connectivity index (χ4v) is 2.22. The van der Waals surface area contributed by atoms with Gasteiger partial charge in [-0.25, -0.2) is 4.79 Å². The fourth-order valence-electron chi connectivity index (χ4n) is 2.22. The number of aryl methyl sites for hydroxylation is 1. The molecule has 1 amide bonds. The van der Waals surface area contributed by atoms with Gasteiger partial charge in [-0.05, 0) is 18.6 Å². The van der Waals surface area contributed by atoms with Crippen LogP contribution in [0, 0.1) is 6.92 Å². The van der Waals surface area contributed by atoms with E-state index in [-0.39, 0.29) is 25.5 Å². The number of carbonyl (C=O) groups excluding carboxylic acids is 1. The number of amides is 1. The molecule has 1 heterocycles. The second-order valence-electron chi connectivity index (χ2n) is 4.88. The van der Waals surface area contributed by atoms with Crippen molar-refractivity contribution in [1.82, 2.24) is 4.90 Å². The third-order valence-electron chi connectivity index (χ3n) is 3.40. The molecule has 21 heavy (non-hydrogen) atoms. The lowest BCUT2D eigenvalue weighted by molar-refractivity contribution is -0.158. The maximum Gasteiger partial charge on any atom is 0.328 e. The first-order valence-electron chi connectivity index (χ1n) is 6.88. The highest BCUT2D eigenvalue weighted by atomic mass is 16.5. The number of nitrogens with zero attached hydrogens (tertiary/aromatic N) is 1. The van der Waals surface area contributed by atoms with Crippen molar-refractivity contribution in [2.45, 2.75) is 19.4 Å². The highest BCUT2D eigenvalue weighted by Gasteiger charge is 2.32. The number of carbonyl (C=O) groups is 2. The first-order chi connectivity index (χ1) is 10.1. The summed E-state index contributed by atoms with van der Waals surface area (Å²) in [7, 11) is 0. The fraction of sp³-hybridized carbons (Fsp3) is 0.467. The van der Waals surface area contributed by atoms with Crippen LogP contribution < -0.4 is 4.74 Å². The first kappa shape index (κ1) is 15.3. The molecule has 1 aliphatic heterocycles. The van der Waals surface area contributed by atoms with E-state index in [1.165, 1.54) is 4.90 Å². The molecule has 1 atom stereocenters. The number of morpholine rings is 1. The van der Waals surface area contributed by atoms with Crippen LogP contribution in [-0.4, -0.2) is 54.3 Å². The van der Waals surface area contributed by atoms with Crippen molar-refractivity contribution in [3.63, 3.8) is 0 Å². The van der Waals surface area contributed by atoms with E-state index in [4.69, 9.17) is 14.6 Å². The Bertz CT molecular complexity index is 517.